The van der Waals surface area contributed by atoms with Crippen LogP contribution in [0.5, 0.6) is 0 Å². The van der Waals surface area contributed by atoms with Crippen LogP contribution in [0.4, 0.5) is 0 Å². The normalized spacial score (nSPS) is 10.2. The predicted octanol–water partition coefficient (Wildman–Crippen LogP) is 3.04. The van der Waals surface area contributed by atoms with E-state index in [4.69, 9.17) is 5.73 Å². The van der Waals surface area contributed by atoms with Crippen LogP contribution in [0.25, 0.3) is 0 Å². The van der Waals surface area contributed by atoms with E-state index >= 15 is 0 Å². The second kappa shape index (κ2) is 6.91. The van der Waals surface area contributed by atoms with Gasteiger partial charge in [-0.1, -0.05) is 42.5 Å². The molecule has 20 heavy (non-hydrogen) atoms. The second-order valence-corrected chi connectivity index (χ2v) is 5.42. The zero-order valence-corrected chi connectivity index (χ0v) is 11.7. The Labute approximate surface area is 122 Å². The number of carbonyl (C=O) groups is 2. The fourth-order valence-corrected chi connectivity index (χ4v) is 2.67. The Bertz CT molecular complexity index is 611. The summed E-state index contributed by atoms with van der Waals surface area (Å²) < 4.78 is 0. The zero-order valence-electron chi connectivity index (χ0n) is 10.9. The Kier molecular flexibility index (Phi) is 4.96. The molecule has 0 aliphatic heterocycles. The van der Waals surface area contributed by atoms with E-state index in [9.17, 15) is 9.59 Å². The molecule has 0 saturated heterocycles. The van der Waals surface area contributed by atoms with E-state index in [2.05, 4.69) is 12.1 Å². The molecular weight excluding hydrogens is 270 g/mol. The number of Topliss-reactive ketones (excluding diaryl/α,β-unsaturated/α-hetero) is 1. The van der Waals surface area contributed by atoms with Crippen LogP contribution >= 0.6 is 11.8 Å². The van der Waals surface area contributed by atoms with Gasteiger partial charge < -0.3 is 5.73 Å². The van der Waals surface area contributed by atoms with Crippen LogP contribution in [0.3, 0.4) is 0 Å². The van der Waals surface area contributed by atoms with E-state index < -0.39 is 5.91 Å². The quantitative estimate of drug-likeness (QED) is 0.504. The SMILES string of the molecule is NC(=O)CC(=O)c1cccc(SCc2ccccc2)c1. The highest BCUT2D eigenvalue weighted by atomic mass is 32.2. The van der Waals surface area contributed by atoms with Crippen molar-refractivity contribution < 1.29 is 9.59 Å². The summed E-state index contributed by atoms with van der Waals surface area (Å²) in [5.41, 5.74) is 6.80. The number of hydrogen-bond donors (Lipinski definition) is 1. The molecule has 2 rings (SSSR count). The molecule has 102 valence electrons. The van der Waals surface area contributed by atoms with Gasteiger partial charge in [0.15, 0.2) is 5.78 Å². The van der Waals surface area contributed by atoms with Crippen LogP contribution in [0.2, 0.25) is 0 Å². The third-order valence-electron chi connectivity index (χ3n) is 2.74. The maximum absolute atomic E-state index is 11.8. The number of carbonyl (C=O) groups excluding carboxylic acids is 2. The molecule has 4 heteroatoms. The van der Waals surface area contributed by atoms with Crippen LogP contribution in [-0.2, 0) is 10.5 Å². The van der Waals surface area contributed by atoms with Gasteiger partial charge in [0.2, 0.25) is 5.91 Å². The molecule has 0 unspecified atom stereocenters. The van der Waals surface area contributed by atoms with E-state index in [-0.39, 0.29) is 12.2 Å². The van der Waals surface area contributed by atoms with E-state index in [0.29, 0.717) is 5.56 Å². The number of ketones is 1. The summed E-state index contributed by atoms with van der Waals surface area (Å²) >= 11 is 1.66. The molecule has 2 N–H and O–H groups in total. The van der Waals surface area contributed by atoms with E-state index in [0.717, 1.165) is 10.6 Å². The number of rotatable bonds is 6. The van der Waals surface area contributed by atoms with Crippen molar-refractivity contribution in [3.8, 4) is 0 Å². The van der Waals surface area contributed by atoms with Crippen molar-refractivity contribution >= 4 is 23.5 Å². The first-order chi connectivity index (χ1) is 9.65. The number of hydrogen-bond acceptors (Lipinski definition) is 3. The average molecular weight is 285 g/mol. The minimum atomic E-state index is -0.600. The van der Waals surface area contributed by atoms with Crippen LogP contribution in [0.1, 0.15) is 22.3 Å². The van der Waals surface area contributed by atoms with Crippen molar-refractivity contribution in [2.45, 2.75) is 17.1 Å². The smallest absolute Gasteiger partial charge is 0.225 e. The molecule has 1 amide bonds. The summed E-state index contributed by atoms with van der Waals surface area (Å²) in [4.78, 5) is 23.6. The molecule has 3 nitrogen and oxygen atoms in total. The minimum Gasteiger partial charge on any atom is -0.369 e. The molecule has 0 fully saturated rings. The molecule has 2 aromatic rings. The minimum absolute atomic E-state index is 0.236. The van der Waals surface area contributed by atoms with Crippen molar-refractivity contribution in [3.05, 3.63) is 65.7 Å². The van der Waals surface area contributed by atoms with E-state index in [1.54, 1.807) is 23.9 Å². The van der Waals surface area contributed by atoms with E-state index in [1.165, 1.54) is 5.56 Å². The van der Waals surface area contributed by atoms with Gasteiger partial charge in [-0.05, 0) is 17.7 Å². The first-order valence-electron chi connectivity index (χ1n) is 6.23. The summed E-state index contributed by atoms with van der Waals surface area (Å²) in [7, 11) is 0. The Balaban J connectivity index is 2.02. The average Bonchev–Trinajstić information content (AvgIpc) is 2.46. The first-order valence-corrected chi connectivity index (χ1v) is 7.22. The standard InChI is InChI=1S/C16H15NO2S/c17-16(19)10-15(18)13-7-4-8-14(9-13)20-11-12-5-2-1-3-6-12/h1-9H,10-11H2,(H2,17,19). The third-order valence-corrected chi connectivity index (χ3v) is 3.80. The van der Waals surface area contributed by atoms with Gasteiger partial charge >= 0.3 is 0 Å². The fraction of sp³-hybridized carbons (Fsp3) is 0.125. The molecule has 0 aromatic heterocycles. The highest BCUT2D eigenvalue weighted by Gasteiger charge is 2.09. The summed E-state index contributed by atoms with van der Waals surface area (Å²) in [5.74, 6) is 0.00546. The molecule has 0 bridgehead atoms. The van der Waals surface area contributed by atoms with Crippen LogP contribution in [-0.4, -0.2) is 11.7 Å². The Morgan fingerprint density at radius 3 is 2.45 bits per heavy atom. The van der Waals surface area contributed by atoms with Crippen molar-refractivity contribution in [2.24, 2.45) is 5.73 Å². The van der Waals surface area contributed by atoms with Crippen molar-refractivity contribution in [2.75, 3.05) is 0 Å². The molecule has 2 aromatic carbocycles. The topological polar surface area (TPSA) is 60.2 Å². The Hall–Kier alpha value is -2.07. The Morgan fingerprint density at radius 2 is 1.75 bits per heavy atom. The summed E-state index contributed by atoms with van der Waals surface area (Å²) in [6.45, 7) is 0. The van der Waals surface area contributed by atoms with Gasteiger partial charge in [0.25, 0.3) is 0 Å². The number of amides is 1. The van der Waals surface area contributed by atoms with Gasteiger partial charge in [0, 0.05) is 16.2 Å². The van der Waals surface area contributed by atoms with Crippen molar-refractivity contribution in [3.63, 3.8) is 0 Å². The first kappa shape index (κ1) is 14.3. The van der Waals surface area contributed by atoms with Gasteiger partial charge in [-0.3, -0.25) is 9.59 Å². The van der Waals surface area contributed by atoms with Gasteiger partial charge in [0.05, 0.1) is 6.42 Å². The van der Waals surface area contributed by atoms with Crippen LogP contribution in [0.15, 0.2) is 59.5 Å². The lowest BCUT2D eigenvalue weighted by atomic mass is 10.1. The molecule has 0 radical (unpaired) electrons. The molecule has 0 spiro atoms. The highest BCUT2D eigenvalue weighted by molar-refractivity contribution is 7.98. The number of nitrogens with two attached hydrogens (primary N) is 1. The van der Waals surface area contributed by atoms with Gasteiger partial charge in [0.1, 0.15) is 0 Å². The lowest BCUT2D eigenvalue weighted by Crippen LogP contribution is -2.16. The van der Waals surface area contributed by atoms with Gasteiger partial charge in [-0.15, -0.1) is 11.8 Å². The fourth-order valence-electron chi connectivity index (χ4n) is 1.76. The second-order valence-electron chi connectivity index (χ2n) is 4.37. The predicted molar refractivity (Wildman–Crippen MR) is 80.6 cm³/mol. The molecule has 0 heterocycles. The highest BCUT2D eigenvalue weighted by Crippen LogP contribution is 2.23. The zero-order chi connectivity index (χ0) is 14.4. The number of primary amides is 1. The lowest BCUT2D eigenvalue weighted by Gasteiger charge is -2.04. The van der Waals surface area contributed by atoms with Gasteiger partial charge in [-0.25, -0.2) is 0 Å². The maximum Gasteiger partial charge on any atom is 0.225 e. The van der Waals surface area contributed by atoms with Crippen molar-refractivity contribution in [1.82, 2.24) is 0 Å². The largest absolute Gasteiger partial charge is 0.369 e. The van der Waals surface area contributed by atoms with Crippen molar-refractivity contribution in [1.29, 1.82) is 0 Å². The van der Waals surface area contributed by atoms with Gasteiger partial charge in [-0.2, -0.15) is 0 Å². The maximum atomic E-state index is 11.8. The molecule has 0 aliphatic carbocycles. The Morgan fingerprint density at radius 1 is 1.00 bits per heavy atom. The number of benzene rings is 2. The third kappa shape index (κ3) is 4.24. The van der Waals surface area contributed by atoms with Crippen LogP contribution < -0.4 is 5.73 Å². The summed E-state index contributed by atoms with van der Waals surface area (Å²) in [5, 5.41) is 0. The molecular formula is C16H15NO2S. The number of thioether (sulfide) groups is 1. The summed E-state index contributed by atoms with van der Waals surface area (Å²) in [6.07, 6.45) is -0.243. The monoisotopic (exact) mass is 285 g/mol. The van der Waals surface area contributed by atoms with E-state index in [1.807, 2.05) is 30.3 Å². The molecule has 0 atom stereocenters. The van der Waals surface area contributed by atoms with Crippen LogP contribution in [0, 0.1) is 0 Å². The lowest BCUT2D eigenvalue weighted by molar-refractivity contribution is -0.117. The molecule has 0 saturated carbocycles. The molecule has 0 aliphatic rings. The summed E-state index contributed by atoms with van der Waals surface area (Å²) in [6, 6.07) is 17.4.